The largest absolute Gasteiger partial charge is 0.372 e. The normalized spacial score (nSPS) is 28.2. The zero-order chi connectivity index (χ0) is 5.98. The molecule has 1 fully saturated rings. The van der Waals surface area contributed by atoms with Gasteiger partial charge >= 0.3 is 5.97 Å². The number of hydrogen-bond acceptors (Lipinski definition) is 2. The zero-order valence-electron chi connectivity index (χ0n) is 4.52. The molecule has 1 radical (unpaired) electrons. The highest BCUT2D eigenvalue weighted by molar-refractivity contribution is 5.73. The van der Waals surface area contributed by atoms with Crippen molar-refractivity contribution in [1.29, 1.82) is 0 Å². The maximum Gasteiger partial charge on any atom is 0.372 e. The van der Waals surface area contributed by atoms with E-state index in [-0.39, 0.29) is 6.04 Å². The van der Waals surface area contributed by atoms with Gasteiger partial charge in [0, 0.05) is 0 Å². The van der Waals surface area contributed by atoms with Gasteiger partial charge in [-0.1, -0.05) is 0 Å². The molecular formula is C5H8NO2. The van der Waals surface area contributed by atoms with E-state index in [9.17, 15) is 9.90 Å². The molecule has 1 N–H and O–H groups in total. The van der Waals surface area contributed by atoms with Crippen LogP contribution >= 0.6 is 0 Å². The van der Waals surface area contributed by atoms with E-state index < -0.39 is 5.97 Å². The second-order valence-corrected chi connectivity index (χ2v) is 1.97. The third-order valence-electron chi connectivity index (χ3n) is 1.34. The lowest BCUT2D eigenvalue weighted by atomic mass is 10.2. The molecule has 0 amide bonds. The van der Waals surface area contributed by atoms with Gasteiger partial charge in [-0.3, -0.25) is 0 Å². The predicted octanol–water partition coefficient (Wildman–Crippen LogP) is -0.305. The first kappa shape index (κ1) is 5.56. The second kappa shape index (κ2) is 2.13. The third kappa shape index (κ3) is 0.980. The third-order valence-corrected chi connectivity index (χ3v) is 1.34. The van der Waals surface area contributed by atoms with Crippen molar-refractivity contribution in [1.82, 2.24) is 5.32 Å². The van der Waals surface area contributed by atoms with Crippen LogP contribution < -0.4 is 5.32 Å². The number of carbonyl (C=O) groups is 1. The van der Waals surface area contributed by atoms with Gasteiger partial charge in [-0.25, -0.2) is 9.90 Å². The van der Waals surface area contributed by atoms with Crippen LogP contribution in [0, 0.1) is 0 Å². The van der Waals surface area contributed by atoms with Gasteiger partial charge in [-0.2, -0.15) is 0 Å². The Bertz CT molecular complexity index is 96.6. The first-order valence-corrected chi connectivity index (χ1v) is 2.75. The number of nitrogens with one attached hydrogen (secondary N) is 1. The van der Waals surface area contributed by atoms with E-state index in [2.05, 4.69) is 5.32 Å². The fraction of sp³-hybridized carbons (Fsp3) is 0.800. The number of rotatable bonds is 1. The molecule has 1 atom stereocenters. The summed E-state index contributed by atoms with van der Waals surface area (Å²) in [5.74, 6) is -0.970. The van der Waals surface area contributed by atoms with Crippen molar-refractivity contribution in [2.75, 3.05) is 6.54 Å². The molecule has 1 aliphatic rings. The van der Waals surface area contributed by atoms with Crippen molar-refractivity contribution < 1.29 is 9.90 Å². The van der Waals surface area contributed by atoms with Crippen molar-refractivity contribution in [3.63, 3.8) is 0 Å². The zero-order valence-corrected chi connectivity index (χ0v) is 4.52. The predicted molar refractivity (Wildman–Crippen MR) is 26.7 cm³/mol. The Hall–Kier alpha value is -0.570. The van der Waals surface area contributed by atoms with Gasteiger partial charge < -0.3 is 5.32 Å². The summed E-state index contributed by atoms with van der Waals surface area (Å²) in [7, 11) is 0. The van der Waals surface area contributed by atoms with Crippen LogP contribution in [0.4, 0.5) is 0 Å². The molecule has 0 aliphatic carbocycles. The molecule has 1 aliphatic heterocycles. The van der Waals surface area contributed by atoms with Crippen LogP contribution in [0.15, 0.2) is 0 Å². The SMILES string of the molecule is [O]C(=O)[C@@H]1CCCN1. The molecule has 0 saturated carbocycles. The van der Waals surface area contributed by atoms with E-state index in [0.29, 0.717) is 0 Å². The summed E-state index contributed by atoms with van der Waals surface area (Å²) in [5, 5.41) is 12.8. The molecule has 0 spiro atoms. The van der Waals surface area contributed by atoms with E-state index in [0.717, 1.165) is 19.4 Å². The van der Waals surface area contributed by atoms with Crippen molar-refractivity contribution in [2.45, 2.75) is 18.9 Å². The Kier molecular flexibility index (Phi) is 1.48. The standard InChI is InChI=1S/C5H8NO2/c7-5(8)4-2-1-3-6-4/h4,6H,1-3H2/t4-/m0/s1. The fourth-order valence-corrected chi connectivity index (χ4v) is 0.886. The van der Waals surface area contributed by atoms with Gasteiger partial charge in [0.1, 0.15) is 6.04 Å². The first-order valence-electron chi connectivity index (χ1n) is 2.75. The van der Waals surface area contributed by atoms with Gasteiger partial charge in [0.2, 0.25) is 0 Å². The van der Waals surface area contributed by atoms with Crippen LogP contribution in [0.3, 0.4) is 0 Å². The molecule has 1 rings (SSSR count). The molecule has 0 aromatic heterocycles. The Morgan fingerprint density at radius 1 is 1.62 bits per heavy atom. The van der Waals surface area contributed by atoms with Gasteiger partial charge in [0.25, 0.3) is 0 Å². The summed E-state index contributed by atoms with van der Waals surface area (Å²) in [4.78, 5) is 10.0. The highest BCUT2D eigenvalue weighted by Gasteiger charge is 2.21. The summed E-state index contributed by atoms with van der Waals surface area (Å²) >= 11 is 0. The van der Waals surface area contributed by atoms with Gasteiger partial charge in [0.05, 0.1) is 0 Å². The van der Waals surface area contributed by atoms with Crippen LogP contribution in [0.2, 0.25) is 0 Å². The lowest BCUT2D eigenvalue weighted by Crippen LogP contribution is -2.29. The summed E-state index contributed by atoms with van der Waals surface area (Å²) in [6, 6.07) is -0.380. The fourth-order valence-electron chi connectivity index (χ4n) is 0.886. The van der Waals surface area contributed by atoms with Gasteiger partial charge in [-0.15, -0.1) is 0 Å². The van der Waals surface area contributed by atoms with Crippen LogP contribution in [-0.4, -0.2) is 18.6 Å². The lowest BCUT2D eigenvalue weighted by Gasteiger charge is -1.96. The van der Waals surface area contributed by atoms with Crippen LogP contribution in [0.25, 0.3) is 0 Å². The topological polar surface area (TPSA) is 49.0 Å². The molecule has 45 valence electrons. The molecule has 1 heterocycles. The number of hydrogen-bond donors (Lipinski definition) is 1. The Morgan fingerprint density at radius 3 is 2.62 bits per heavy atom. The monoisotopic (exact) mass is 114 g/mol. The minimum absolute atomic E-state index is 0.380. The molecule has 1 saturated heterocycles. The number of carbonyl (C=O) groups excluding carboxylic acids is 1. The van der Waals surface area contributed by atoms with Crippen molar-refractivity contribution in [3.8, 4) is 0 Å². The van der Waals surface area contributed by atoms with Crippen molar-refractivity contribution >= 4 is 5.97 Å². The quantitative estimate of drug-likeness (QED) is 0.508. The summed E-state index contributed by atoms with van der Waals surface area (Å²) in [5.41, 5.74) is 0. The van der Waals surface area contributed by atoms with Crippen LogP contribution in [0.1, 0.15) is 12.8 Å². The molecular weight excluding hydrogens is 106 g/mol. The highest BCUT2D eigenvalue weighted by atomic mass is 16.4. The minimum Gasteiger partial charge on any atom is -0.304 e. The van der Waals surface area contributed by atoms with Crippen LogP contribution in [0.5, 0.6) is 0 Å². The second-order valence-electron chi connectivity index (χ2n) is 1.97. The first-order chi connectivity index (χ1) is 3.80. The molecule has 0 aromatic carbocycles. The molecule has 0 unspecified atom stereocenters. The van der Waals surface area contributed by atoms with E-state index >= 15 is 0 Å². The maximum atomic E-state index is 10.0. The van der Waals surface area contributed by atoms with Crippen molar-refractivity contribution in [3.05, 3.63) is 0 Å². The highest BCUT2D eigenvalue weighted by Crippen LogP contribution is 2.03. The Labute approximate surface area is 47.7 Å². The molecule has 0 aromatic rings. The Morgan fingerprint density at radius 2 is 2.38 bits per heavy atom. The summed E-state index contributed by atoms with van der Waals surface area (Å²) < 4.78 is 0. The van der Waals surface area contributed by atoms with Crippen molar-refractivity contribution in [2.24, 2.45) is 0 Å². The lowest BCUT2D eigenvalue weighted by molar-refractivity contribution is -0.145. The average molecular weight is 114 g/mol. The molecule has 3 heteroatoms. The minimum atomic E-state index is -0.970. The van der Waals surface area contributed by atoms with E-state index in [4.69, 9.17) is 0 Å². The van der Waals surface area contributed by atoms with Gasteiger partial charge in [0.15, 0.2) is 0 Å². The molecule has 0 bridgehead atoms. The molecule has 8 heavy (non-hydrogen) atoms. The maximum absolute atomic E-state index is 10.0. The molecule has 3 nitrogen and oxygen atoms in total. The smallest absolute Gasteiger partial charge is 0.304 e. The van der Waals surface area contributed by atoms with Crippen LogP contribution in [-0.2, 0) is 9.90 Å². The summed E-state index contributed by atoms with van der Waals surface area (Å²) in [6.07, 6.45) is 1.68. The van der Waals surface area contributed by atoms with E-state index in [1.807, 2.05) is 0 Å². The average Bonchev–Trinajstić information content (AvgIpc) is 2.12. The summed E-state index contributed by atoms with van der Waals surface area (Å²) in [6.45, 7) is 0.818. The van der Waals surface area contributed by atoms with Gasteiger partial charge in [-0.05, 0) is 19.4 Å². The Balaban J connectivity index is 2.35. The van der Waals surface area contributed by atoms with E-state index in [1.54, 1.807) is 0 Å². The van der Waals surface area contributed by atoms with E-state index in [1.165, 1.54) is 0 Å².